The summed E-state index contributed by atoms with van der Waals surface area (Å²) in [5, 5.41) is 8.72. The van der Waals surface area contributed by atoms with Gasteiger partial charge in [0.25, 0.3) is 0 Å². The Labute approximate surface area is 147 Å². The first-order valence-electron chi connectivity index (χ1n) is 7.64. The number of hydrogen-bond donors (Lipinski definition) is 1. The van der Waals surface area contributed by atoms with Crippen LogP contribution >= 0.6 is 0 Å². The summed E-state index contributed by atoms with van der Waals surface area (Å²) in [5.41, 5.74) is 3.36. The van der Waals surface area contributed by atoms with Crippen molar-refractivity contribution in [3.05, 3.63) is 47.0 Å². The Morgan fingerprint density at radius 3 is 1.88 bits per heavy atom. The number of methoxy groups -OCH3 is 2. The van der Waals surface area contributed by atoms with Crippen molar-refractivity contribution in [3.8, 4) is 11.5 Å². The summed E-state index contributed by atoms with van der Waals surface area (Å²) in [6.07, 6.45) is 3.23. The van der Waals surface area contributed by atoms with Crippen molar-refractivity contribution < 1.29 is 24.1 Å². The topological polar surface area (TPSA) is 90.8 Å². The van der Waals surface area contributed by atoms with E-state index in [4.69, 9.17) is 19.3 Å². The van der Waals surface area contributed by atoms with E-state index < -0.39 is 0 Å². The second kappa shape index (κ2) is 10.2. The fraction of sp³-hybridized carbons (Fsp3) is 0.389. The van der Waals surface area contributed by atoms with Gasteiger partial charge in [-0.15, -0.1) is 0 Å². The quantitative estimate of drug-likeness (QED) is 0.829. The number of aliphatic hydroxyl groups is 1. The van der Waals surface area contributed by atoms with Crippen molar-refractivity contribution in [3.63, 3.8) is 0 Å². The Bertz CT molecular complexity index is 704. The Hall–Kier alpha value is -2.67. The van der Waals surface area contributed by atoms with Crippen molar-refractivity contribution in [2.24, 2.45) is 0 Å². The lowest BCUT2D eigenvalue weighted by Gasteiger charge is -2.06. The highest BCUT2D eigenvalue weighted by atomic mass is 16.5. The second-order valence-corrected chi connectivity index (χ2v) is 5.23. The number of carbonyl (C=O) groups excluding carboxylic acids is 1. The van der Waals surface area contributed by atoms with Gasteiger partial charge < -0.3 is 19.3 Å². The molecule has 0 aliphatic carbocycles. The van der Waals surface area contributed by atoms with Crippen molar-refractivity contribution in [2.75, 3.05) is 14.2 Å². The standard InChI is InChI=1S/C10H13NO3.C8H11NO2/c1-7-4-9(6-14-8(2)12)11-5-10(7)13-3;1-6-3-7(5-10)9-4-8(6)11-2/h4-5H,6H2,1-3H3;3-4,10H,5H2,1-2H3. The Balaban J connectivity index is 0.000000257. The van der Waals surface area contributed by atoms with E-state index in [1.165, 1.54) is 6.92 Å². The van der Waals surface area contributed by atoms with Gasteiger partial charge in [0.2, 0.25) is 0 Å². The lowest BCUT2D eigenvalue weighted by Crippen LogP contribution is -2.01. The number of aryl methyl sites for hydroxylation is 2. The molecule has 0 unspecified atom stereocenters. The van der Waals surface area contributed by atoms with Crippen LogP contribution in [0.4, 0.5) is 0 Å². The summed E-state index contributed by atoms with van der Waals surface area (Å²) in [5.74, 6) is 1.18. The van der Waals surface area contributed by atoms with Crippen molar-refractivity contribution in [2.45, 2.75) is 34.0 Å². The summed E-state index contributed by atoms with van der Waals surface area (Å²) in [7, 11) is 3.19. The van der Waals surface area contributed by atoms with E-state index in [0.717, 1.165) is 28.3 Å². The molecule has 0 aromatic carbocycles. The molecule has 136 valence electrons. The zero-order valence-corrected chi connectivity index (χ0v) is 15.2. The zero-order valence-electron chi connectivity index (χ0n) is 15.2. The zero-order chi connectivity index (χ0) is 18.8. The molecule has 7 nitrogen and oxygen atoms in total. The van der Waals surface area contributed by atoms with E-state index in [9.17, 15) is 4.79 Å². The molecule has 0 saturated carbocycles. The molecule has 0 radical (unpaired) electrons. The number of nitrogens with zero attached hydrogens (tertiary/aromatic N) is 2. The molecule has 2 aromatic rings. The van der Waals surface area contributed by atoms with Crippen LogP contribution < -0.4 is 9.47 Å². The van der Waals surface area contributed by atoms with Gasteiger partial charge in [-0.3, -0.25) is 14.8 Å². The van der Waals surface area contributed by atoms with Crippen LogP contribution in [-0.2, 0) is 22.7 Å². The van der Waals surface area contributed by atoms with Crippen LogP contribution in [0.1, 0.15) is 29.4 Å². The van der Waals surface area contributed by atoms with E-state index >= 15 is 0 Å². The largest absolute Gasteiger partial charge is 0.495 e. The minimum absolute atomic E-state index is 0.0230. The van der Waals surface area contributed by atoms with Gasteiger partial charge in [0.15, 0.2) is 0 Å². The Morgan fingerprint density at radius 2 is 1.48 bits per heavy atom. The second-order valence-electron chi connectivity index (χ2n) is 5.23. The molecule has 0 atom stereocenters. The van der Waals surface area contributed by atoms with Gasteiger partial charge in [-0.05, 0) is 37.1 Å². The summed E-state index contributed by atoms with van der Waals surface area (Å²) < 4.78 is 14.9. The smallest absolute Gasteiger partial charge is 0.303 e. The average molecular weight is 348 g/mol. The van der Waals surface area contributed by atoms with E-state index in [1.54, 1.807) is 32.7 Å². The molecule has 0 fully saturated rings. The minimum Gasteiger partial charge on any atom is -0.495 e. The highest BCUT2D eigenvalue weighted by molar-refractivity contribution is 5.65. The molecule has 0 amide bonds. The first-order chi connectivity index (χ1) is 11.9. The molecular weight excluding hydrogens is 324 g/mol. The summed E-state index contributed by atoms with van der Waals surface area (Å²) in [4.78, 5) is 18.6. The third-order valence-corrected chi connectivity index (χ3v) is 3.26. The number of aromatic nitrogens is 2. The number of hydrogen-bond acceptors (Lipinski definition) is 7. The van der Waals surface area contributed by atoms with Gasteiger partial charge >= 0.3 is 5.97 Å². The number of ether oxygens (including phenoxy) is 3. The minimum atomic E-state index is -0.305. The molecule has 0 aliphatic rings. The molecule has 0 saturated heterocycles. The van der Waals surface area contributed by atoms with Crippen molar-refractivity contribution in [1.82, 2.24) is 9.97 Å². The molecule has 25 heavy (non-hydrogen) atoms. The number of aliphatic hydroxyl groups excluding tert-OH is 1. The van der Waals surface area contributed by atoms with Crippen LogP contribution in [0, 0.1) is 13.8 Å². The first-order valence-corrected chi connectivity index (χ1v) is 7.64. The van der Waals surface area contributed by atoms with Crippen LogP contribution in [0.3, 0.4) is 0 Å². The highest BCUT2D eigenvalue weighted by Crippen LogP contribution is 2.16. The highest BCUT2D eigenvalue weighted by Gasteiger charge is 2.02. The average Bonchev–Trinajstić information content (AvgIpc) is 2.60. The summed E-state index contributed by atoms with van der Waals surface area (Å²) in [6.45, 7) is 5.39. The van der Waals surface area contributed by atoms with Gasteiger partial charge in [0.05, 0.1) is 44.6 Å². The van der Waals surface area contributed by atoms with E-state index in [0.29, 0.717) is 5.69 Å². The van der Waals surface area contributed by atoms with Crippen LogP contribution in [-0.4, -0.2) is 35.3 Å². The predicted molar refractivity (Wildman–Crippen MR) is 92.4 cm³/mol. The Morgan fingerprint density at radius 1 is 1.00 bits per heavy atom. The van der Waals surface area contributed by atoms with Gasteiger partial charge in [0, 0.05) is 6.92 Å². The maximum Gasteiger partial charge on any atom is 0.303 e. The van der Waals surface area contributed by atoms with Crippen molar-refractivity contribution >= 4 is 5.97 Å². The summed E-state index contributed by atoms with van der Waals surface area (Å²) >= 11 is 0. The fourth-order valence-electron chi connectivity index (χ4n) is 1.97. The van der Waals surface area contributed by atoms with Crippen LogP contribution in [0.2, 0.25) is 0 Å². The van der Waals surface area contributed by atoms with Gasteiger partial charge in [-0.2, -0.15) is 0 Å². The van der Waals surface area contributed by atoms with Crippen LogP contribution in [0.25, 0.3) is 0 Å². The molecule has 0 aliphatic heterocycles. The molecule has 2 heterocycles. The van der Waals surface area contributed by atoms with E-state index in [-0.39, 0.29) is 19.2 Å². The lowest BCUT2D eigenvalue weighted by atomic mass is 10.2. The normalized spacial score (nSPS) is 9.68. The first kappa shape index (κ1) is 20.4. The van der Waals surface area contributed by atoms with Crippen LogP contribution in [0.5, 0.6) is 11.5 Å². The molecule has 2 rings (SSSR count). The molecule has 1 N–H and O–H groups in total. The molecule has 7 heteroatoms. The lowest BCUT2D eigenvalue weighted by molar-refractivity contribution is -0.142. The molecule has 0 bridgehead atoms. The summed E-state index contributed by atoms with van der Waals surface area (Å²) in [6, 6.07) is 3.64. The van der Waals surface area contributed by atoms with Crippen LogP contribution in [0.15, 0.2) is 24.5 Å². The third-order valence-electron chi connectivity index (χ3n) is 3.26. The van der Waals surface area contributed by atoms with Gasteiger partial charge in [-0.1, -0.05) is 0 Å². The van der Waals surface area contributed by atoms with E-state index in [2.05, 4.69) is 9.97 Å². The third kappa shape index (κ3) is 6.76. The monoisotopic (exact) mass is 348 g/mol. The molecular formula is C18H24N2O5. The number of rotatable bonds is 5. The maximum absolute atomic E-state index is 10.6. The molecule has 2 aromatic heterocycles. The fourth-order valence-corrected chi connectivity index (χ4v) is 1.97. The maximum atomic E-state index is 10.6. The number of esters is 1. The SMILES string of the molecule is COc1cnc(CO)cc1C.COc1cnc(COC(C)=O)cc1C. The van der Waals surface area contributed by atoms with Crippen molar-refractivity contribution in [1.29, 1.82) is 0 Å². The Kier molecular flexibility index (Phi) is 8.35. The molecule has 0 spiro atoms. The van der Waals surface area contributed by atoms with Gasteiger partial charge in [-0.25, -0.2) is 0 Å². The van der Waals surface area contributed by atoms with E-state index in [1.807, 2.05) is 19.9 Å². The number of carbonyl (C=O) groups is 1. The predicted octanol–water partition coefficient (Wildman–Crippen LogP) is 2.35. The number of pyridine rings is 2. The van der Waals surface area contributed by atoms with Gasteiger partial charge in [0.1, 0.15) is 18.1 Å².